The Kier molecular flexibility index (Phi) is 5.40. The molecule has 0 bridgehead atoms. The average Bonchev–Trinajstić information content (AvgIpc) is 3.62. The molecule has 44 heavy (non-hydrogen) atoms. The van der Waals surface area contributed by atoms with Gasteiger partial charge in [0.25, 0.3) is 0 Å². The van der Waals surface area contributed by atoms with Crippen molar-refractivity contribution < 1.29 is 4.42 Å². The summed E-state index contributed by atoms with van der Waals surface area (Å²) in [6.45, 7) is 6.91. The van der Waals surface area contributed by atoms with Crippen molar-refractivity contribution in [2.24, 2.45) is 0 Å². The first kappa shape index (κ1) is 25.6. The van der Waals surface area contributed by atoms with Gasteiger partial charge in [-0.2, -0.15) is 0 Å². The van der Waals surface area contributed by atoms with Crippen molar-refractivity contribution in [3.8, 4) is 22.3 Å². The predicted molar refractivity (Wildman–Crippen MR) is 191 cm³/mol. The first-order valence-corrected chi connectivity index (χ1v) is 16.1. The summed E-state index contributed by atoms with van der Waals surface area (Å²) in [5.74, 6) is 0. The topological polar surface area (TPSA) is 13.1 Å². The molecule has 9 rings (SSSR count). The fourth-order valence-corrected chi connectivity index (χ4v) is 8.34. The lowest BCUT2D eigenvalue weighted by molar-refractivity contribution is 0.591. The van der Waals surface area contributed by atoms with Crippen LogP contribution >= 0.6 is 11.3 Å². The minimum Gasteiger partial charge on any atom is -0.455 e. The molecule has 7 aromatic carbocycles. The molecule has 2 aromatic heterocycles. The first-order valence-electron chi connectivity index (χ1n) is 15.3. The van der Waals surface area contributed by atoms with E-state index in [0.717, 1.165) is 27.5 Å². The standard InChI is InChI=1S/C42H30OS/c1-42(2,3)25-22-23-30-35(24-25)39(34-19-11-17-32-27-13-7-9-21-37(27)44-41(32)34)29-15-5-4-14-28(29)38(30)33-18-10-16-31-26-12-6-8-20-36(26)43-40(31)33/h4-24H,1-3H3. The molecular formula is C42H30OS. The van der Waals surface area contributed by atoms with Crippen LogP contribution in [-0.4, -0.2) is 0 Å². The Morgan fingerprint density at radius 3 is 1.84 bits per heavy atom. The number of benzene rings is 7. The molecule has 0 saturated heterocycles. The van der Waals surface area contributed by atoms with Crippen molar-refractivity contribution >= 4 is 75.0 Å². The van der Waals surface area contributed by atoms with Crippen LogP contribution in [0.15, 0.2) is 132 Å². The largest absolute Gasteiger partial charge is 0.455 e. The maximum atomic E-state index is 6.62. The minimum absolute atomic E-state index is 0.0135. The molecule has 1 nitrogen and oxygen atoms in total. The van der Waals surface area contributed by atoms with Gasteiger partial charge in [-0.15, -0.1) is 11.3 Å². The molecule has 0 spiro atoms. The predicted octanol–water partition coefficient (Wildman–Crippen LogP) is 12.9. The van der Waals surface area contributed by atoms with E-state index in [0.29, 0.717) is 0 Å². The van der Waals surface area contributed by atoms with Crippen molar-refractivity contribution in [1.29, 1.82) is 0 Å². The van der Waals surface area contributed by atoms with Crippen LogP contribution in [0.3, 0.4) is 0 Å². The van der Waals surface area contributed by atoms with E-state index in [2.05, 4.69) is 142 Å². The second kappa shape index (κ2) is 9.29. The Labute approximate surface area is 260 Å². The normalized spacial score (nSPS) is 12.4. The van der Waals surface area contributed by atoms with Crippen LogP contribution in [0, 0.1) is 0 Å². The molecule has 2 heteroatoms. The highest BCUT2D eigenvalue weighted by molar-refractivity contribution is 7.26. The van der Waals surface area contributed by atoms with Gasteiger partial charge in [-0.25, -0.2) is 0 Å². The number of rotatable bonds is 2. The fraction of sp³-hybridized carbons (Fsp3) is 0.0952. The molecule has 210 valence electrons. The number of hydrogen-bond donors (Lipinski definition) is 0. The highest BCUT2D eigenvalue weighted by Crippen LogP contribution is 2.49. The molecule has 0 aliphatic rings. The number of furan rings is 1. The van der Waals surface area contributed by atoms with E-state index in [1.165, 1.54) is 64.0 Å². The van der Waals surface area contributed by atoms with Gasteiger partial charge in [-0.3, -0.25) is 0 Å². The Hall–Kier alpha value is -4.92. The van der Waals surface area contributed by atoms with Crippen LogP contribution in [0.2, 0.25) is 0 Å². The van der Waals surface area contributed by atoms with Crippen molar-refractivity contribution in [2.75, 3.05) is 0 Å². The summed E-state index contributed by atoms with van der Waals surface area (Å²) in [6.07, 6.45) is 0. The zero-order chi connectivity index (χ0) is 29.6. The summed E-state index contributed by atoms with van der Waals surface area (Å²) >= 11 is 1.90. The maximum Gasteiger partial charge on any atom is 0.143 e. The van der Waals surface area contributed by atoms with E-state index >= 15 is 0 Å². The number of para-hydroxylation sites is 2. The first-order chi connectivity index (χ1) is 21.5. The van der Waals surface area contributed by atoms with Crippen LogP contribution in [0.5, 0.6) is 0 Å². The Morgan fingerprint density at radius 1 is 0.477 bits per heavy atom. The van der Waals surface area contributed by atoms with Gasteiger partial charge in [0.15, 0.2) is 0 Å². The van der Waals surface area contributed by atoms with Crippen molar-refractivity contribution in [3.63, 3.8) is 0 Å². The maximum absolute atomic E-state index is 6.62. The molecule has 0 fully saturated rings. The fourth-order valence-electron chi connectivity index (χ4n) is 7.11. The lowest BCUT2D eigenvalue weighted by Crippen LogP contribution is -2.10. The van der Waals surface area contributed by atoms with Crippen molar-refractivity contribution in [2.45, 2.75) is 26.2 Å². The Morgan fingerprint density at radius 2 is 1.07 bits per heavy atom. The molecular weight excluding hydrogens is 553 g/mol. The third-order valence-electron chi connectivity index (χ3n) is 9.24. The van der Waals surface area contributed by atoms with Gasteiger partial charge < -0.3 is 4.42 Å². The molecule has 0 aliphatic carbocycles. The Bertz CT molecular complexity index is 2590. The summed E-state index contributed by atoms with van der Waals surface area (Å²) < 4.78 is 9.29. The van der Waals surface area contributed by atoms with Gasteiger partial charge in [0.05, 0.1) is 0 Å². The lowest BCUT2D eigenvalue weighted by atomic mass is 9.81. The highest BCUT2D eigenvalue weighted by atomic mass is 32.1. The summed E-state index contributed by atoms with van der Waals surface area (Å²) in [4.78, 5) is 0. The van der Waals surface area contributed by atoms with E-state index in [1.54, 1.807) is 0 Å². The minimum atomic E-state index is 0.0135. The van der Waals surface area contributed by atoms with Gasteiger partial charge in [-0.05, 0) is 56.3 Å². The van der Waals surface area contributed by atoms with Crippen LogP contribution < -0.4 is 0 Å². The lowest BCUT2D eigenvalue weighted by Gasteiger charge is -2.23. The summed E-state index contributed by atoms with van der Waals surface area (Å²) in [5.41, 5.74) is 8.18. The highest BCUT2D eigenvalue weighted by Gasteiger charge is 2.23. The van der Waals surface area contributed by atoms with Gasteiger partial charge in [0.2, 0.25) is 0 Å². The van der Waals surface area contributed by atoms with Gasteiger partial charge in [0, 0.05) is 47.6 Å². The zero-order valence-corrected chi connectivity index (χ0v) is 25.8. The molecule has 9 aromatic rings. The average molecular weight is 583 g/mol. The van der Waals surface area contributed by atoms with Gasteiger partial charge >= 0.3 is 0 Å². The smallest absolute Gasteiger partial charge is 0.143 e. The third kappa shape index (κ3) is 3.64. The van der Waals surface area contributed by atoms with Crippen LogP contribution in [0.1, 0.15) is 26.3 Å². The summed E-state index contributed by atoms with van der Waals surface area (Å²) in [5, 5.41) is 9.99. The molecule has 0 amide bonds. The second-order valence-corrected chi connectivity index (χ2v) is 13.9. The quantitative estimate of drug-likeness (QED) is 0.185. The molecule has 2 heterocycles. The summed E-state index contributed by atoms with van der Waals surface area (Å²) in [6, 6.07) is 46.7. The summed E-state index contributed by atoms with van der Waals surface area (Å²) in [7, 11) is 0. The van der Waals surface area contributed by atoms with Crippen LogP contribution in [0.25, 0.3) is 85.9 Å². The van der Waals surface area contributed by atoms with E-state index < -0.39 is 0 Å². The van der Waals surface area contributed by atoms with Crippen molar-refractivity contribution in [1.82, 2.24) is 0 Å². The second-order valence-electron chi connectivity index (χ2n) is 12.9. The van der Waals surface area contributed by atoms with E-state index in [4.69, 9.17) is 4.42 Å². The number of thiophene rings is 1. The van der Waals surface area contributed by atoms with E-state index in [-0.39, 0.29) is 5.41 Å². The van der Waals surface area contributed by atoms with Crippen LogP contribution in [0.4, 0.5) is 0 Å². The number of fused-ring (bicyclic) bond motifs is 8. The van der Waals surface area contributed by atoms with Gasteiger partial charge in [0.1, 0.15) is 11.2 Å². The number of hydrogen-bond acceptors (Lipinski definition) is 2. The Balaban J connectivity index is 1.48. The van der Waals surface area contributed by atoms with Crippen molar-refractivity contribution in [3.05, 3.63) is 133 Å². The third-order valence-corrected chi connectivity index (χ3v) is 10.5. The molecule has 0 N–H and O–H groups in total. The van der Waals surface area contributed by atoms with Crippen LogP contribution in [-0.2, 0) is 5.41 Å². The molecule has 0 atom stereocenters. The molecule has 0 radical (unpaired) electrons. The zero-order valence-electron chi connectivity index (χ0n) is 24.9. The monoisotopic (exact) mass is 582 g/mol. The van der Waals surface area contributed by atoms with Gasteiger partial charge in [-0.1, -0.05) is 130 Å². The molecule has 0 aliphatic heterocycles. The van der Waals surface area contributed by atoms with E-state index in [1.807, 2.05) is 17.4 Å². The molecule has 0 saturated carbocycles. The molecule has 0 unspecified atom stereocenters. The SMILES string of the molecule is CC(C)(C)c1ccc2c(-c3cccc4c3oc3ccccc34)c3ccccc3c(-c3cccc4c3sc3ccccc34)c2c1. The van der Waals surface area contributed by atoms with E-state index in [9.17, 15) is 0 Å².